The number of pyridine rings is 1. The van der Waals surface area contributed by atoms with Crippen molar-refractivity contribution >= 4 is 61.7 Å². The summed E-state index contributed by atoms with van der Waals surface area (Å²) in [4.78, 5) is 52.0. The van der Waals surface area contributed by atoms with Gasteiger partial charge in [-0.05, 0) is 88.8 Å². The Hall–Kier alpha value is -7.53. The lowest BCUT2D eigenvalue weighted by Crippen LogP contribution is -2.60. The molecule has 0 spiro atoms. The highest BCUT2D eigenvalue weighted by molar-refractivity contribution is 7.82. The second-order valence-electron chi connectivity index (χ2n) is 20.9. The van der Waals surface area contributed by atoms with Gasteiger partial charge in [0.25, 0.3) is 11.8 Å². The van der Waals surface area contributed by atoms with Gasteiger partial charge in [-0.2, -0.15) is 0 Å². The molecular formula is C58H66ClN7O23S. The van der Waals surface area contributed by atoms with Crippen LogP contribution in [0, 0.1) is 0 Å². The van der Waals surface area contributed by atoms with Gasteiger partial charge in [0.05, 0.1) is 65.7 Å². The summed E-state index contributed by atoms with van der Waals surface area (Å²) in [5, 5.41) is 85.9. The highest BCUT2D eigenvalue weighted by atomic mass is 35.5. The van der Waals surface area contributed by atoms with Gasteiger partial charge in [-0.25, -0.2) is 4.98 Å². The molecule has 8 N–H and O–H groups in total. The number of methoxy groups -OCH3 is 1. The molecule has 11 atom stereocenters. The summed E-state index contributed by atoms with van der Waals surface area (Å²) >= 11 is 6.62. The molecule has 6 aromatic rings. The van der Waals surface area contributed by atoms with Gasteiger partial charge in [-0.15, -0.1) is 20.0 Å². The van der Waals surface area contributed by atoms with Gasteiger partial charge in [0, 0.05) is 84.8 Å². The number of fused-ring (bicyclic) bond motifs is 4. The Labute approximate surface area is 518 Å². The topological polar surface area (TPSA) is 412 Å². The van der Waals surface area contributed by atoms with Gasteiger partial charge >= 0.3 is 10.4 Å². The van der Waals surface area contributed by atoms with Crippen molar-refractivity contribution in [3.63, 3.8) is 0 Å². The minimum atomic E-state index is -5.33. The molecule has 484 valence electrons. The number of Topliss-reactive ketones (excluding diaryl/α,β-unsaturated/α-hetero) is 1. The van der Waals surface area contributed by atoms with Crippen LogP contribution in [0.4, 0.5) is 5.69 Å². The lowest BCUT2D eigenvalue weighted by atomic mass is 9.95. The fraction of sp³-hybridized carbons (Fsp3) is 0.448. The number of likely N-dealkylation sites (N-methyl/N-ethyl adjacent to an activating group) is 1. The Morgan fingerprint density at radius 3 is 1.99 bits per heavy atom. The van der Waals surface area contributed by atoms with Crippen molar-refractivity contribution in [2.45, 2.75) is 73.8 Å². The van der Waals surface area contributed by atoms with Crippen molar-refractivity contribution in [3.05, 3.63) is 130 Å². The fourth-order valence-corrected chi connectivity index (χ4v) is 11.2. The lowest BCUT2D eigenvalue weighted by molar-refractivity contribution is -0.277. The average Bonchev–Trinajstić information content (AvgIpc) is 1.54. The van der Waals surface area contributed by atoms with Crippen LogP contribution in [0.3, 0.4) is 0 Å². The first-order chi connectivity index (χ1) is 43.3. The van der Waals surface area contributed by atoms with Crippen molar-refractivity contribution in [1.29, 1.82) is 0 Å². The largest absolute Gasteiger partial charge is 0.501 e. The van der Waals surface area contributed by atoms with E-state index in [-0.39, 0.29) is 111 Å². The van der Waals surface area contributed by atoms with Crippen LogP contribution < -0.4 is 27.5 Å². The molecule has 3 aliphatic heterocycles. The number of ketones is 1. The highest BCUT2D eigenvalue weighted by Crippen LogP contribution is 2.48. The maximum atomic E-state index is 14.8. The number of hydrogen-bond donors (Lipinski definition) is 8. The van der Waals surface area contributed by atoms with Gasteiger partial charge < -0.3 is 101 Å². The number of nitrogens with zero attached hydrogens (tertiary/aromatic N) is 7. The Balaban J connectivity index is 0.931. The number of aromatic nitrogens is 2. The molecule has 2 fully saturated rings. The van der Waals surface area contributed by atoms with E-state index in [1.165, 1.54) is 72.6 Å². The molecule has 32 heteroatoms. The number of aliphatic hydroxyl groups excluding tert-OH is 8. The minimum Gasteiger partial charge on any atom is -0.497 e. The standard InChI is InChI=1S/C58H66ClN7O23S/c1-64(14-16-82-18-20-83-19-17-81-15-13-61-63-60)55(76)33-6-11-42(85-58-54(75)52(73)50(71)46(30-68)87-58)44(22-33)89-90(78,79)88-43-24-40-48(38-23-36(80-2)9-10-37(38)43)34(25-59)27-66(40)56(77)39-28-65-26-31(3-12-47(65)62-39)21-41(69)32-4-7-35(8-5-32)84-57-53(74)51(72)49(70)45(29-67)86-57/h3-12,22-24,26,28,34,45-46,49-54,57-58,67-68,70-75H,13-21,25,27,29-30H2,1-2H3/t34-,45-,46-,49+,50+,51+,52+,53-,54-,57?,58?/m1/s1. The maximum absolute atomic E-state index is 14.8. The molecule has 9 rings (SSSR count). The number of azide groups is 1. The van der Waals surface area contributed by atoms with Crippen molar-refractivity contribution in [2.24, 2.45) is 5.11 Å². The second-order valence-corrected chi connectivity index (χ2v) is 22.4. The number of hydrogen-bond acceptors (Lipinski definition) is 25. The zero-order valence-corrected chi connectivity index (χ0v) is 49.9. The van der Waals surface area contributed by atoms with Gasteiger partial charge in [0.2, 0.25) is 12.6 Å². The molecule has 0 saturated carbocycles. The molecular weight excluding hydrogens is 1230 g/mol. The number of anilines is 1. The van der Waals surface area contributed by atoms with E-state index in [1.807, 2.05) is 0 Å². The number of rotatable bonds is 29. The molecule has 2 saturated heterocycles. The van der Waals surface area contributed by atoms with Crippen LogP contribution in [-0.4, -0.2) is 235 Å². The van der Waals surface area contributed by atoms with E-state index in [2.05, 4.69) is 15.0 Å². The van der Waals surface area contributed by atoms with Crippen LogP contribution >= 0.6 is 11.6 Å². The Morgan fingerprint density at radius 2 is 1.34 bits per heavy atom. The van der Waals surface area contributed by atoms with E-state index in [1.54, 1.807) is 34.9 Å². The van der Waals surface area contributed by atoms with Crippen LogP contribution in [0.1, 0.15) is 48.2 Å². The van der Waals surface area contributed by atoms with Crippen LogP contribution in [-0.2, 0) is 40.5 Å². The molecule has 2 amide bonds. The van der Waals surface area contributed by atoms with Gasteiger partial charge in [0.1, 0.15) is 71.7 Å². The van der Waals surface area contributed by atoms with E-state index in [0.29, 0.717) is 33.5 Å². The second kappa shape index (κ2) is 30.1. The monoisotopic (exact) mass is 1300 g/mol. The Morgan fingerprint density at radius 1 is 0.722 bits per heavy atom. The molecule has 0 bridgehead atoms. The zero-order chi connectivity index (χ0) is 64.4. The summed E-state index contributed by atoms with van der Waals surface area (Å²) in [6.07, 6.45) is -13.3. The summed E-state index contributed by atoms with van der Waals surface area (Å²) in [6, 6.07) is 18.6. The Kier molecular flexibility index (Phi) is 22.3. The third-order valence-corrected chi connectivity index (χ3v) is 16.1. The molecule has 3 aliphatic rings. The third-order valence-electron chi connectivity index (χ3n) is 15.0. The lowest BCUT2D eigenvalue weighted by Gasteiger charge is -2.39. The quantitative estimate of drug-likeness (QED) is 0.00821. The Bertz CT molecular complexity index is 3670. The fourth-order valence-electron chi connectivity index (χ4n) is 10.2. The van der Waals surface area contributed by atoms with Crippen LogP contribution in [0.15, 0.2) is 96.4 Å². The number of amides is 2. The number of benzene rings is 4. The summed E-state index contributed by atoms with van der Waals surface area (Å²) in [5.74, 6) is -3.05. The first-order valence-corrected chi connectivity index (χ1v) is 30.0. The number of carbonyl (C=O) groups is 3. The third kappa shape index (κ3) is 15.4. The number of aliphatic hydroxyl groups is 8. The number of imidazole rings is 1. The molecule has 4 aromatic carbocycles. The predicted octanol–water partition coefficient (Wildman–Crippen LogP) is 1.40. The van der Waals surface area contributed by atoms with Gasteiger partial charge in [0.15, 0.2) is 23.0 Å². The van der Waals surface area contributed by atoms with Gasteiger partial charge in [-0.1, -0.05) is 11.2 Å². The molecule has 5 heterocycles. The van der Waals surface area contributed by atoms with Crippen LogP contribution in [0.5, 0.6) is 28.7 Å². The highest BCUT2D eigenvalue weighted by Gasteiger charge is 2.47. The van der Waals surface area contributed by atoms with Crippen molar-refractivity contribution < 1.29 is 110 Å². The summed E-state index contributed by atoms with van der Waals surface area (Å²) in [5.41, 5.74) is 10.1. The first kappa shape index (κ1) is 66.9. The molecule has 30 nitrogen and oxygen atoms in total. The predicted molar refractivity (Wildman–Crippen MR) is 314 cm³/mol. The van der Waals surface area contributed by atoms with Gasteiger partial charge in [-0.3, -0.25) is 14.4 Å². The number of ether oxygens (including phenoxy) is 8. The van der Waals surface area contributed by atoms with Crippen molar-refractivity contribution in [1.82, 2.24) is 14.3 Å². The molecule has 0 aliphatic carbocycles. The van der Waals surface area contributed by atoms with E-state index in [9.17, 15) is 63.7 Å². The number of halogens is 1. The minimum absolute atomic E-state index is 0.00404. The van der Waals surface area contributed by atoms with Crippen molar-refractivity contribution in [2.75, 3.05) is 97.4 Å². The van der Waals surface area contributed by atoms with Crippen molar-refractivity contribution in [3.8, 4) is 28.7 Å². The first-order valence-electron chi connectivity index (χ1n) is 28.1. The summed E-state index contributed by atoms with van der Waals surface area (Å²) in [7, 11) is -2.44. The van der Waals surface area contributed by atoms with Crippen LogP contribution in [0.2, 0.25) is 0 Å². The van der Waals surface area contributed by atoms with E-state index in [0.717, 1.165) is 12.1 Å². The molecule has 2 aromatic heterocycles. The smallest absolute Gasteiger partial charge is 0.497 e. The molecule has 0 radical (unpaired) electrons. The van der Waals surface area contributed by atoms with Crippen LogP contribution in [0.25, 0.3) is 26.9 Å². The van der Waals surface area contributed by atoms with E-state index in [4.69, 9.17) is 63.4 Å². The molecule has 90 heavy (non-hydrogen) atoms. The average molecular weight is 1300 g/mol. The summed E-state index contributed by atoms with van der Waals surface area (Å²) in [6.45, 7) is 0.0349. The van der Waals surface area contributed by atoms with E-state index >= 15 is 0 Å². The van der Waals surface area contributed by atoms with E-state index < -0.39 is 114 Å². The number of alkyl halides is 1. The zero-order valence-electron chi connectivity index (χ0n) is 48.3. The molecule has 2 unspecified atom stereocenters. The maximum Gasteiger partial charge on any atom is 0.501 e. The SMILES string of the molecule is COc1ccc2c(OS(=O)(=O)Oc3cc(C(=O)N(C)CCOCCOCCOCCN=[N+]=[N-])ccc3OC3O[C@H](CO)[C@H](O)[C@H](O)[C@H]3O)cc3c(c2c1)[C@H](CCl)CN3C(=O)c1cn2cc(CC(=O)c3ccc(OC4O[C@H](CO)[C@H](O)[C@H](O)[C@H]4O)cc3)ccc2n1. The normalized spacial score (nSPS) is 23.2. The number of carbonyl (C=O) groups excluding carboxylic acids is 3. The summed E-state index contributed by atoms with van der Waals surface area (Å²) < 4.78 is 86.1.